The number of rotatable bonds is 45. The minimum Gasteiger partial charge on any atom is -0.457 e. The van der Waals surface area contributed by atoms with Gasteiger partial charge in [-0.3, -0.25) is 9.35 Å². The van der Waals surface area contributed by atoms with Gasteiger partial charge in [-0.25, -0.2) is 4.18 Å². The summed E-state index contributed by atoms with van der Waals surface area (Å²) in [4.78, 5) is 12.9. The quantitative estimate of drug-likeness (QED) is 0.0197. The third kappa shape index (κ3) is 38.1. The van der Waals surface area contributed by atoms with E-state index in [-0.39, 0.29) is 19.6 Å². The van der Waals surface area contributed by atoms with Crippen LogP contribution in [-0.2, 0) is 38.3 Å². The first-order chi connectivity index (χ1) is 33.1. The summed E-state index contributed by atoms with van der Waals surface area (Å²) in [6.07, 6.45) is 51.9. The number of ether oxygens (including phenoxy) is 4. The van der Waals surface area contributed by atoms with Gasteiger partial charge >= 0.3 is 16.4 Å². The molecule has 1 rings (SSSR count). The predicted molar refractivity (Wildman–Crippen MR) is 275 cm³/mol. The molecule has 0 aromatic heterocycles. The molecule has 1 heterocycles. The second-order valence-electron chi connectivity index (χ2n) is 17.7. The fourth-order valence-corrected chi connectivity index (χ4v) is 8.06. The molecule has 68 heavy (non-hydrogen) atoms. The fourth-order valence-electron chi connectivity index (χ4n) is 7.55. The Balaban J connectivity index is 2.38. The highest BCUT2D eigenvalue weighted by molar-refractivity contribution is 7.80. The zero-order valence-electron chi connectivity index (χ0n) is 42.1. The molecule has 392 valence electrons. The van der Waals surface area contributed by atoms with E-state index < -0.39 is 59.8 Å². The van der Waals surface area contributed by atoms with Gasteiger partial charge in [0, 0.05) is 13.0 Å². The van der Waals surface area contributed by atoms with Gasteiger partial charge in [0.15, 0.2) is 6.29 Å². The maximum Gasteiger partial charge on any atom is 0.397 e. The molecule has 0 aromatic carbocycles. The summed E-state index contributed by atoms with van der Waals surface area (Å²) < 4.78 is 59.2. The molecule has 0 bridgehead atoms. The summed E-state index contributed by atoms with van der Waals surface area (Å²) in [5.74, 6) is -0.419. The minimum absolute atomic E-state index is 0.00148. The van der Waals surface area contributed by atoms with Crippen LogP contribution >= 0.6 is 0 Å². The van der Waals surface area contributed by atoms with E-state index in [0.29, 0.717) is 13.0 Å². The number of aliphatic hydroxyl groups is 3. The van der Waals surface area contributed by atoms with E-state index in [1.807, 2.05) is 0 Å². The number of hydrogen-bond acceptors (Lipinski definition) is 11. The van der Waals surface area contributed by atoms with Gasteiger partial charge < -0.3 is 34.3 Å². The van der Waals surface area contributed by atoms with E-state index in [1.165, 1.54) is 89.9 Å². The number of carbonyl (C=O) groups excluding carboxylic acids is 1. The van der Waals surface area contributed by atoms with Crippen molar-refractivity contribution in [3.05, 3.63) is 85.1 Å². The van der Waals surface area contributed by atoms with E-state index in [0.717, 1.165) is 77.0 Å². The van der Waals surface area contributed by atoms with Crippen LogP contribution < -0.4 is 0 Å². The molecule has 1 fully saturated rings. The summed E-state index contributed by atoms with van der Waals surface area (Å²) in [5, 5.41) is 30.8. The molecular weight excluding hydrogens is 885 g/mol. The van der Waals surface area contributed by atoms with Crippen LogP contribution in [0, 0.1) is 0 Å². The lowest BCUT2D eigenvalue weighted by atomic mass is 9.99. The Bertz CT molecular complexity index is 1500. The number of aliphatic hydroxyl groups excluding tert-OH is 3. The SMILES string of the molecule is CC/C=C\C/C=C\C/C=C\C/C=C\C/C=C\CCCCOCC(COC1OC(CO)C(O)C(OS(=O)(=O)O)C1O)OC(=O)CCCCCCCCCCCCC/C=C\C/C=C\CCCCCCC. The van der Waals surface area contributed by atoms with Gasteiger partial charge in [0.1, 0.15) is 30.5 Å². The number of allylic oxidation sites excluding steroid dienone is 14. The first-order valence-electron chi connectivity index (χ1n) is 26.3. The molecule has 6 atom stereocenters. The lowest BCUT2D eigenvalue weighted by Gasteiger charge is -2.41. The van der Waals surface area contributed by atoms with Crippen LogP contribution in [0.2, 0.25) is 0 Å². The summed E-state index contributed by atoms with van der Waals surface area (Å²) in [6.45, 7) is 3.76. The third-order valence-electron chi connectivity index (χ3n) is 11.5. The molecule has 4 N–H and O–H groups in total. The number of hydrogen-bond donors (Lipinski definition) is 4. The second-order valence-corrected chi connectivity index (χ2v) is 18.8. The van der Waals surface area contributed by atoms with Crippen LogP contribution in [0.3, 0.4) is 0 Å². The number of carbonyl (C=O) groups is 1. The van der Waals surface area contributed by atoms with Crippen molar-refractivity contribution in [2.24, 2.45) is 0 Å². The van der Waals surface area contributed by atoms with Crippen LogP contribution in [0.15, 0.2) is 85.1 Å². The zero-order valence-corrected chi connectivity index (χ0v) is 43.0. The molecule has 13 heteroatoms. The normalized spacial score (nSPS) is 20.0. The molecule has 1 aliphatic heterocycles. The summed E-state index contributed by atoms with van der Waals surface area (Å²) in [7, 11) is -5.08. The van der Waals surface area contributed by atoms with Gasteiger partial charge in [-0.15, -0.1) is 0 Å². The molecule has 12 nitrogen and oxygen atoms in total. The van der Waals surface area contributed by atoms with E-state index in [4.69, 9.17) is 18.9 Å². The van der Waals surface area contributed by atoms with Crippen molar-refractivity contribution in [1.29, 1.82) is 0 Å². The van der Waals surface area contributed by atoms with Crippen molar-refractivity contribution in [2.45, 2.75) is 230 Å². The lowest BCUT2D eigenvalue weighted by Crippen LogP contribution is -2.60. The number of unbranched alkanes of at least 4 members (excludes halogenated alkanes) is 18. The lowest BCUT2D eigenvalue weighted by molar-refractivity contribution is -0.301. The molecule has 1 saturated heterocycles. The molecule has 0 aromatic rings. The molecule has 6 unspecified atom stereocenters. The predicted octanol–water partition coefficient (Wildman–Crippen LogP) is 12.4. The van der Waals surface area contributed by atoms with Crippen LogP contribution in [0.25, 0.3) is 0 Å². The van der Waals surface area contributed by atoms with Gasteiger partial charge in [-0.2, -0.15) is 8.42 Å². The average Bonchev–Trinajstić information content (AvgIpc) is 3.31. The highest BCUT2D eigenvalue weighted by atomic mass is 32.3. The van der Waals surface area contributed by atoms with Crippen LogP contribution in [-0.4, -0.2) is 97.5 Å². The largest absolute Gasteiger partial charge is 0.457 e. The van der Waals surface area contributed by atoms with Crippen molar-refractivity contribution in [1.82, 2.24) is 0 Å². The molecule has 0 spiro atoms. The maximum absolute atomic E-state index is 12.9. The second kappa shape index (κ2) is 45.4. The Morgan fingerprint density at radius 1 is 0.574 bits per heavy atom. The van der Waals surface area contributed by atoms with Crippen LogP contribution in [0.4, 0.5) is 0 Å². The first-order valence-corrected chi connectivity index (χ1v) is 27.7. The molecule has 0 saturated carbocycles. The monoisotopic (exact) mass is 979 g/mol. The smallest absolute Gasteiger partial charge is 0.397 e. The van der Waals surface area contributed by atoms with Gasteiger partial charge in [0.2, 0.25) is 0 Å². The Kier molecular flexibility index (Phi) is 42.3. The van der Waals surface area contributed by atoms with Gasteiger partial charge in [0.05, 0.1) is 19.8 Å². The average molecular weight is 979 g/mol. The molecule has 1 aliphatic rings. The van der Waals surface area contributed by atoms with Crippen molar-refractivity contribution in [3.63, 3.8) is 0 Å². The van der Waals surface area contributed by atoms with Crippen molar-refractivity contribution in [2.75, 3.05) is 26.4 Å². The van der Waals surface area contributed by atoms with E-state index >= 15 is 0 Å². The van der Waals surface area contributed by atoms with E-state index in [9.17, 15) is 33.1 Å². The zero-order chi connectivity index (χ0) is 49.6. The van der Waals surface area contributed by atoms with Crippen molar-refractivity contribution >= 4 is 16.4 Å². The third-order valence-corrected chi connectivity index (χ3v) is 12.0. The molecule has 0 aliphatic carbocycles. The summed E-state index contributed by atoms with van der Waals surface area (Å²) in [6, 6.07) is 0. The van der Waals surface area contributed by atoms with Gasteiger partial charge in [-0.1, -0.05) is 182 Å². The Morgan fingerprint density at radius 3 is 1.49 bits per heavy atom. The first kappa shape index (κ1) is 63.3. The highest BCUT2D eigenvalue weighted by Gasteiger charge is 2.48. The van der Waals surface area contributed by atoms with E-state index in [2.05, 4.69) is 103 Å². The fraction of sp³-hybridized carbons (Fsp3) is 0.727. The van der Waals surface area contributed by atoms with Gasteiger partial charge in [0.25, 0.3) is 0 Å². The molecular formula is C55H94O12S. The summed E-state index contributed by atoms with van der Waals surface area (Å²) in [5.41, 5.74) is 0. The molecule has 0 amide bonds. The minimum atomic E-state index is -5.08. The molecule has 0 radical (unpaired) electrons. The highest BCUT2D eigenvalue weighted by Crippen LogP contribution is 2.26. The Hall–Kier alpha value is -2.72. The topological polar surface area (TPSA) is 178 Å². The maximum atomic E-state index is 12.9. The Morgan fingerprint density at radius 2 is 1.01 bits per heavy atom. The van der Waals surface area contributed by atoms with E-state index in [1.54, 1.807) is 0 Å². The van der Waals surface area contributed by atoms with Crippen LogP contribution in [0.5, 0.6) is 0 Å². The van der Waals surface area contributed by atoms with Crippen molar-refractivity contribution in [3.8, 4) is 0 Å². The van der Waals surface area contributed by atoms with Crippen LogP contribution in [0.1, 0.15) is 194 Å². The Labute approximate surface area is 413 Å². The number of esters is 1. The van der Waals surface area contributed by atoms with Crippen molar-refractivity contribution < 1.29 is 56.2 Å². The summed E-state index contributed by atoms with van der Waals surface area (Å²) >= 11 is 0. The van der Waals surface area contributed by atoms with Gasteiger partial charge in [-0.05, 0) is 89.9 Å². The standard InChI is InChI=1S/C55H94O12S/c1-3-5-7-9-11-13-15-17-19-21-23-24-25-26-27-28-30-32-34-36-38-40-42-44-51(57)65-49(48-64-55-53(59)54(67-68(60,61)62)52(58)50(46-56)66-55)47-63-45-43-41-39-37-35-33-31-29-22-20-18-16-14-12-10-8-6-4-2/h6,8,12,14-15,17-18,20-21,23,29,31,35,37,49-50,52-56,58-59H,3-5,7,9-11,13,16,19,22,24-28,30,32-34,36,38-48H2,1-2H3,(H,60,61,62)/b8-6-,14-12-,17-15-,20-18-,23-21-,31-29-,37-35-.